The number of benzene rings is 1. The van der Waals surface area contributed by atoms with Crippen LogP contribution in [0.1, 0.15) is 21.9 Å². The maximum absolute atomic E-state index is 12.1. The standard InChI is InChI=1S/C16H15Cl2NO5/c1-23-8-12-2-3-14(24-12)15(20)19-13(16(21)22)6-9-4-10(17)7-11(18)5-9/h2-5,7,13H,6,8H2,1H3,(H,19,20)(H,21,22). The Labute approximate surface area is 148 Å². The average molecular weight is 372 g/mol. The van der Waals surface area contributed by atoms with Crippen LogP contribution >= 0.6 is 23.2 Å². The van der Waals surface area contributed by atoms with Crippen LogP contribution in [0, 0.1) is 0 Å². The van der Waals surface area contributed by atoms with Crippen LogP contribution in [0.25, 0.3) is 0 Å². The number of furan rings is 1. The summed E-state index contributed by atoms with van der Waals surface area (Å²) in [6, 6.07) is 6.63. The van der Waals surface area contributed by atoms with Gasteiger partial charge in [-0.3, -0.25) is 4.79 Å². The number of nitrogens with one attached hydrogen (secondary N) is 1. The molecule has 1 aromatic heterocycles. The molecule has 0 fully saturated rings. The second-order valence-corrected chi connectivity index (χ2v) is 5.92. The van der Waals surface area contributed by atoms with Gasteiger partial charge in [0.2, 0.25) is 0 Å². The maximum Gasteiger partial charge on any atom is 0.326 e. The van der Waals surface area contributed by atoms with Gasteiger partial charge in [0.15, 0.2) is 5.76 Å². The Morgan fingerprint density at radius 1 is 1.25 bits per heavy atom. The number of carboxylic acid groups (broad SMARTS) is 1. The van der Waals surface area contributed by atoms with E-state index in [4.69, 9.17) is 32.4 Å². The zero-order chi connectivity index (χ0) is 17.7. The molecule has 0 aliphatic heterocycles. The number of carbonyl (C=O) groups excluding carboxylic acids is 1. The molecule has 2 aromatic rings. The molecule has 1 aromatic carbocycles. The van der Waals surface area contributed by atoms with Crippen LogP contribution in [0.3, 0.4) is 0 Å². The molecule has 0 spiro atoms. The molecule has 1 atom stereocenters. The minimum Gasteiger partial charge on any atom is -0.480 e. The van der Waals surface area contributed by atoms with E-state index in [0.29, 0.717) is 21.4 Å². The minimum atomic E-state index is -1.18. The molecule has 0 saturated carbocycles. The van der Waals surface area contributed by atoms with Crippen molar-refractivity contribution in [2.45, 2.75) is 19.1 Å². The molecule has 0 bridgehead atoms. The van der Waals surface area contributed by atoms with Crippen molar-refractivity contribution in [3.63, 3.8) is 0 Å². The fraction of sp³-hybridized carbons (Fsp3) is 0.250. The quantitative estimate of drug-likeness (QED) is 0.780. The molecule has 0 aliphatic rings. The fourth-order valence-electron chi connectivity index (χ4n) is 2.11. The molecule has 8 heteroatoms. The fourth-order valence-corrected chi connectivity index (χ4v) is 2.68. The molecule has 6 nitrogen and oxygen atoms in total. The number of methoxy groups -OCH3 is 1. The first-order chi connectivity index (χ1) is 11.4. The predicted molar refractivity (Wildman–Crippen MR) is 88.5 cm³/mol. The van der Waals surface area contributed by atoms with Gasteiger partial charge in [0.25, 0.3) is 5.91 Å². The van der Waals surface area contributed by atoms with Crippen LogP contribution in [0.2, 0.25) is 10.0 Å². The Hall–Kier alpha value is -2.02. The van der Waals surface area contributed by atoms with Gasteiger partial charge in [-0.2, -0.15) is 0 Å². The van der Waals surface area contributed by atoms with Gasteiger partial charge in [-0.15, -0.1) is 0 Å². The Morgan fingerprint density at radius 3 is 2.50 bits per heavy atom. The van der Waals surface area contributed by atoms with Gasteiger partial charge in [-0.05, 0) is 35.9 Å². The molecule has 0 saturated heterocycles. The van der Waals surface area contributed by atoms with Gasteiger partial charge < -0.3 is 19.6 Å². The van der Waals surface area contributed by atoms with E-state index in [9.17, 15) is 14.7 Å². The SMILES string of the molecule is COCc1ccc(C(=O)NC(Cc2cc(Cl)cc(Cl)c2)C(=O)O)o1. The Kier molecular flexibility index (Phi) is 6.25. The zero-order valence-corrected chi connectivity index (χ0v) is 14.2. The molecule has 2 rings (SSSR count). The smallest absolute Gasteiger partial charge is 0.326 e. The monoisotopic (exact) mass is 371 g/mol. The van der Waals surface area contributed by atoms with Gasteiger partial charge in [-0.25, -0.2) is 4.79 Å². The molecule has 1 unspecified atom stereocenters. The lowest BCUT2D eigenvalue weighted by Gasteiger charge is -2.14. The van der Waals surface area contributed by atoms with Crippen molar-refractivity contribution in [2.75, 3.05) is 7.11 Å². The first-order valence-corrected chi connectivity index (χ1v) is 7.71. The van der Waals surface area contributed by atoms with Gasteiger partial charge in [-0.1, -0.05) is 23.2 Å². The highest BCUT2D eigenvalue weighted by atomic mass is 35.5. The molecule has 1 amide bonds. The normalized spacial score (nSPS) is 12.0. The van der Waals surface area contributed by atoms with E-state index in [-0.39, 0.29) is 18.8 Å². The highest BCUT2D eigenvalue weighted by molar-refractivity contribution is 6.34. The Balaban J connectivity index is 2.09. The number of ether oxygens (including phenoxy) is 1. The molecule has 0 radical (unpaired) electrons. The molecule has 24 heavy (non-hydrogen) atoms. The first kappa shape index (κ1) is 18.3. The van der Waals surface area contributed by atoms with E-state index in [1.54, 1.807) is 24.3 Å². The van der Waals surface area contributed by atoms with Crippen molar-refractivity contribution in [3.8, 4) is 0 Å². The molecule has 1 heterocycles. The number of hydrogen-bond donors (Lipinski definition) is 2. The number of hydrogen-bond acceptors (Lipinski definition) is 4. The van der Waals surface area contributed by atoms with Crippen LogP contribution in [-0.2, 0) is 22.6 Å². The number of amides is 1. The summed E-state index contributed by atoms with van der Waals surface area (Å²) in [6.45, 7) is 0.219. The van der Waals surface area contributed by atoms with Crippen molar-refractivity contribution >= 4 is 35.1 Å². The van der Waals surface area contributed by atoms with E-state index in [2.05, 4.69) is 5.32 Å². The Morgan fingerprint density at radius 2 is 1.92 bits per heavy atom. The van der Waals surface area contributed by atoms with Crippen molar-refractivity contribution in [2.24, 2.45) is 0 Å². The highest BCUT2D eigenvalue weighted by Crippen LogP contribution is 2.20. The van der Waals surface area contributed by atoms with Crippen molar-refractivity contribution in [1.29, 1.82) is 0 Å². The van der Waals surface area contributed by atoms with Crippen LogP contribution in [-0.4, -0.2) is 30.1 Å². The summed E-state index contributed by atoms with van der Waals surface area (Å²) in [5.74, 6) is -1.32. The largest absolute Gasteiger partial charge is 0.480 e. The lowest BCUT2D eigenvalue weighted by Crippen LogP contribution is -2.42. The second-order valence-electron chi connectivity index (χ2n) is 5.05. The summed E-state index contributed by atoms with van der Waals surface area (Å²) >= 11 is 11.8. The van der Waals surface area contributed by atoms with Gasteiger partial charge in [0.05, 0.1) is 0 Å². The maximum atomic E-state index is 12.1. The van der Waals surface area contributed by atoms with Gasteiger partial charge >= 0.3 is 5.97 Å². The molecule has 128 valence electrons. The van der Waals surface area contributed by atoms with Crippen LogP contribution in [0.4, 0.5) is 0 Å². The number of carboxylic acids is 1. The highest BCUT2D eigenvalue weighted by Gasteiger charge is 2.23. The molecular formula is C16H15Cl2NO5. The summed E-state index contributed by atoms with van der Waals surface area (Å²) < 4.78 is 10.2. The molecular weight excluding hydrogens is 357 g/mol. The third kappa shape index (κ3) is 4.99. The third-order valence-electron chi connectivity index (χ3n) is 3.14. The van der Waals surface area contributed by atoms with Crippen LogP contribution in [0.15, 0.2) is 34.7 Å². The first-order valence-electron chi connectivity index (χ1n) is 6.95. The van der Waals surface area contributed by atoms with Crippen molar-refractivity contribution in [1.82, 2.24) is 5.32 Å². The van der Waals surface area contributed by atoms with Crippen LogP contribution in [0.5, 0.6) is 0 Å². The summed E-state index contributed by atoms with van der Waals surface area (Å²) in [5, 5.41) is 12.5. The summed E-state index contributed by atoms with van der Waals surface area (Å²) in [7, 11) is 1.50. The van der Waals surface area contributed by atoms with Gasteiger partial charge in [0.1, 0.15) is 18.4 Å². The topological polar surface area (TPSA) is 88.8 Å². The minimum absolute atomic E-state index is 0.0115. The van der Waals surface area contributed by atoms with Crippen molar-refractivity contribution < 1.29 is 23.8 Å². The lowest BCUT2D eigenvalue weighted by atomic mass is 10.1. The summed E-state index contributed by atoms with van der Waals surface area (Å²) in [5.41, 5.74) is 0.597. The van der Waals surface area contributed by atoms with E-state index in [1.165, 1.54) is 13.2 Å². The average Bonchev–Trinajstić information content (AvgIpc) is 2.94. The zero-order valence-electron chi connectivity index (χ0n) is 12.7. The molecule has 2 N–H and O–H groups in total. The lowest BCUT2D eigenvalue weighted by molar-refractivity contribution is -0.139. The van der Waals surface area contributed by atoms with E-state index in [1.807, 2.05) is 0 Å². The predicted octanol–water partition coefficient (Wildman–Crippen LogP) is 3.16. The van der Waals surface area contributed by atoms with E-state index in [0.717, 1.165) is 0 Å². The Bertz CT molecular complexity index is 724. The van der Waals surface area contributed by atoms with Gasteiger partial charge in [0, 0.05) is 23.6 Å². The van der Waals surface area contributed by atoms with E-state index < -0.39 is 17.9 Å². The number of carbonyl (C=O) groups is 2. The van der Waals surface area contributed by atoms with Crippen molar-refractivity contribution in [3.05, 3.63) is 57.5 Å². The third-order valence-corrected chi connectivity index (χ3v) is 3.57. The number of aliphatic carboxylic acids is 1. The second kappa shape index (κ2) is 8.19. The van der Waals surface area contributed by atoms with Crippen LogP contribution < -0.4 is 5.32 Å². The number of rotatable bonds is 7. The van der Waals surface area contributed by atoms with E-state index >= 15 is 0 Å². The summed E-state index contributed by atoms with van der Waals surface area (Å²) in [4.78, 5) is 23.6. The molecule has 0 aliphatic carbocycles. The summed E-state index contributed by atoms with van der Waals surface area (Å²) in [6.07, 6.45) is 0.0347. The number of halogens is 2.